The molecule has 0 aliphatic carbocycles. The minimum absolute atomic E-state index is 0.484. The predicted octanol–water partition coefficient (Wildman–Crippen LogP) is 0.874. The maximum absolute atomic E-state index is 5.63. The van der Waals surface area contributed by atoms with Crippen LogP contribution in [0, 0.1) is 0 Å². The number of rotatable bonds is 1. The number of nitrogen functional groups attached to an aromatic ring is 1. The summed E-state index contributed by atoms with van der Waals surface area (Å²) in [6.07, 6.45) is 6.40. The highest BCUT2D eigenvalue weighted by atomic mass is 15.0. The molecule has 0 radical (unpaired) electrons. The summed E-state index contributed by atoms with van der Waals surface area (Å²) >= 11 is 0. The van der Waals surface area contributed by atoms with Crippen molar-refractivity contribution in [2.75, 3.05) is 5.73 Å². The van der Waals surface area contributed by atoms with Crippen molar-refractivity contribution >= 4 is 11.5 Å². The average molecular weight is 162 g/mol. The quantitative estimate of drug-likeness (QED) is 0.677. The highest BCUT2D eigenvalue weighted by molar-refractivity contribution is 5.59. The molecule has 0 fully saturated rings. The first kappa shape index (κ1) is 7.09. The van der Waals surface area contributed by atoms with Crippen molar-refractivity contribution in [2.24, 2.45) is 0 Å². The van der Waals surface area contributed by atoms with Crippen LogP contribution >= 0.6 is 0 Å². The van der Waals surface area contributed by atoms with Crippen LogP contribution in [0.4, 0.5) is 5.82 Å². The first-order chi connectivity index (χ1) is 5.81. The summed E-state index contributed by atoms with van der Waals surface area (Å²) in [6, 6.07) is 0. The molecule has 2 aromatic rings. The molecule has 0 aromatic carbocycles. The van der Waals surface area contributed by atoms with E-state index in [1.165, 1.54) is 0 Å². The van der Waals surface area contributed by atoms with E-state index in [1.807, 2.05) is 16.8 Å². The van der Waals surface area contributed by atoms with Crippen LogP contribution in [0.5, 0.6) is 0 Å². The predicted molar refractivity (Wildman–Crippen MR) is 46.8 cm³/mol. The number of anilines is 1. The Bertz CT molecular complexity index is 404. The van der Waals surface area contributed by atoms with Crippen molar-refractivity contribution in [3.8, 4) is 0 Å². The monoisotopic (exact) mass is 162 g/mol. The summed E-state index contributed by atoms with van der Waals surface area (Å²) in [6.45, 7) is 2.06. The molecule has 0 saturated heterocycles. The van der Waals surface area contributed by atoms with Gasteiger partial charge in [0.15, 0.2) is 11.5 Å². The second kappa shape index (κ2) is 2.48. The summed E-state index contributed by atoms with van der Waals surface area (Å²) in [7, 11) is 0. The van der Waals surface area contributed by atoms with Gasteiger partial charge in [-0.2, -0.15) is 0 Å². The molecule has 2 N–H and O–H groups in total. The van der Waals surface area contributed by atoms with Gasteiger partial charge < -0.3 is 10.1 Å². The van der Waals surface area contributed by atoms with E-state index in [0.29, 0.717) is 5.82 Å². The Morgan fingerprint density at radius 2 is 2.42 bits per heavy atom. The molecule has 0 saturated carbocycles. The van der Waals surface area contributed by atoms with Crippen LogP contribution < -0.4 is 5.73 Å². The normalized spacial score (nSPS) is 10.8. The van der Waals surface area contributed by atoms with E-state index in [0.717, 1.165) is 17.8 Å². The Balaban J connectivity index is 2.74. The fourth-order valence-electron chi connectivity index (χ4n) is 1.16. The van der Waals surface area contributed by atoms with E-state index >= 15 is 0 Å². The highest BCUT2D eigenvalue weighted by Crippen LogP contribution is 2.09. The van der Waals surface area contributed by atoms with Crippen LogP contribution in [-0.4, -0.2) is 14.4 Å². The molecular weight excluding hydrogens is 152 g/mol. The molecule has 0 amide bonds. The smallest absolute Gasteiger partial charge is 0.180 e. The van der Waals surface area contributed by atoms with Crippen LogP contribution in [0.1, 0.15) is 12.6 Å². The minimum Gasteiger partial charge on any atom is -0.381 e. The maximum atomic E-state index is 5.63. The fraction of sp³-hybridized carbons (Fsp3) is 0.250. The van der Waals surface area contributed by atoms with E-state index in [2.05, 4.69) is 16.9 Å². The van der Waals surface area contributed by atoms with E-state index < -0.39 is 0 Å². The number of imidazole rings is 1. The lowest BCUT2D eigenvalue weighted by atomic mass is 10.4. The number of hydrogen-bond acceptors (Lipinski definition) is 3. The fourth-order valence-corrected chi connectivity index (χ4v) is 1.16. The van der Waals surface area contributed by atoms with Crippen molar-refractivity contribution in [2.45, 2.75) is 13.3 Å². The van der Waals surface area contributed by atoms with Gasteiger partial charge in [0.25, 0.3) is 0 Å². The largest absolute Gasteiger partial charge is 0.381 e. The summed E-state index contributed by atoms with van der Waals surface area (Å²) < 4.78 is 1.89. The van der Waals surface area contributed by atoms with Crippen molar-refractivity contribution in [1.82, 2.24) is 14.4 Å². The third-order valence-electron chi connectivity index (χ3n) is 1.81. The topological polar surface area (TPSA) is 56.2 Å². The van der Waals surface area contributed by atoms with Crippen LogP contribution in [0.25, 0.3) is 5.65 Å². The van der Waals surface area contributed by atoms with E-state index in [4.69, 9.17) is 5.73 Å². The van der Waals surface area contributed by atoms with E-state index in [1.54, 1.807) is 6.20 Å². The average Bonchev–Trinajstić information content (AvgIpc) is 2.49. The third kappa shape index (κ3) is 0.922. The Hall–Kier alpha value is -1.58. The number of hydrogen-bond donors (Lipinski definition) is 1. The standard InChI is InChI=1S/C8H10N4/c1-2-6-5-12-4-3-10-7(9)8(12)11-6/h3-5H,2H2,1H3,(H2,9,10). The first-order valence-electron chi connectivity index (χ1n) is 3.89. The van der Waals surface area contributed by atoms with Gasteiger partial charge >= 0.3 is 0 Å². The van der Waals surface area contributed by atoms with Gasteiger partial charge in [-0.1, -0.05) is 6.92 Å². The minimum atomic E-state index is 0.484. The molecule has 62 valence electrons. The number of fused-ring (bicyclic) bond motifs is 1. The molecule has 0 aliphatic rings. The van der Waals surface area contributed by atoms with Crippen LogP contribution in [-0.2, 0) is 6.42 Å². The molecular formula is C8H10N4. The summed E-state index contributed by atoms with van der Waals surface area (Å²) in [5.41, 5.74) is 7.41. The highest BCUT2D eigenvalue weighted by Gasteiger charge is 2.02. The maximum Gasteiger partial charge on any atom is 0.180 e. The van der Waals surface area contributed by atoms with Crippen molar-refractivity contribution in [3.05, 3.63) is 24.3 Å². The Morgan fingerprint density at radius 1 is 1.58 bits per heavy atom. The van der Waals surface area contributed by atoms with Gasteiger partial charge in [-0.25, -0.2) is 9.97 Å². The molecule has 12 heavy (non-hydrogen) atoms. The van der Waals surface area contributed by atoms with Gasteiger partial charge in [0.2, 0.25) is 0 Å². The van der Waals surface area contributed by atoms with Gasteiger partial charge in [-0.15, -0.1) is 0 Å². The molecule has 0 unspecified atom stereocenters. The summed E-state index contributed by atoms with van der Waals surface area (Å²) in [4.78, 5) is 8.26. The van der Waals surface area contributed by atoms with E-state index in [9.17, 15) is 0 Å². The molecule has 2 rings (SSSR count). The molecule has 4 nitrogen and oxygen atoms in total. The molecule has 2 aromatic heterocycles. The summed E-state index contributed by atoms with van der Waals surface area (Å²) in [5.74, 6) is 0.484. The van der Waals surface area contributed by atoms with Gasteiger partial charge in [0.1, 0.15) is 0 Å². The second-order valence-corrected chi connectivity index (χ2v) is 2.63. The Labute approximate surface area is 70.1 Å². The number of nitrogens with two attached hydrogens (primary N) is 1. The molecule has 0 spiro atoms. The van der Waals surface area contributed by atoms with Gasteiger partial charge in [0, 0.05) is 18.6 Å². The molecule has 0 aliphatic heterocycles. The van der Waals surface area contributed by atoms with Crippen LogP contribution in [0.3, 0.4) is 0 Å². The molecule has 4 heteroatoms. The molecule has 0 bridgehead atoms. The lowest BCUT2D eigenvalue weighted by Gasteiger charge is -1.93. The van der Waals surface area contributed by atoms with Crippen molar-refractivity contribution in [3.63, 3.8) is 0 Å². The third-order valence-corrected chi connectivity index (χ3v) is 1.81. The zero-order valence-corrected chi connectivity index (χ0v) is 6.86. The molecule has 2 heterocycles. The van der Waals surface area contributed by atoms with E-state index in [-0.39, 0.29) is 0 Å². The molecule has 0 atom stereocenters. The van der Waals surface area contributed by atoms with Crippen molar-refractivity contribution in [1.29, 1.82) is 0 Å². The SMILES string of the molecule is CCc1cn2ccnc(N)c2n1. The lowest BCUT2D eigenvalue weighted by molar-refractivity contribution is 1.07. The summed E-state index contributed by atoms with van der Waals surface area (Å²) in [5, 5.41) is 0. The van der Waals surface area contributed by atoms with Crippen molar-refractivity contribution < 1.29 is 0 Å². The number of nitrogens with zero attached hydrogens (tertiary/aromatic N) is 3. The number of aromatic nitrogens is 3. The van der Waals surface area contributed by atoms with Gasteiger partial charge in [-0.3, -0.25) is 0 Å². The zero-order valence-electron chi connectivity index (χ0n) is 6.86. The zero-order chi connectivity index (χ0) is 8.55. The van der Waals surface area contributed by atoms with Gasteiger partial charge in [-0.05, 0) is 6.42 Å². The lowest BCUT2D eigenvalue weighted by Crippen LogP contribution is -1.94. The van der Waals surface area contributed by atoms with Crippen LogP contribution in [0.2, 0.25) is 0 Å². The first-order valence-corrected chi connectivity index (χ1v) is 3.89. The van der Waals surface area contributed by atoms with Crippen LogP contribution in [0.15, 0.2) is 18.6 Å². The Morgan fingerprint density at radius 3 is 3.08 bits per heavy atom. The second-order valence-electron chi connectivity index (χ2n) is 2.63. The Kier molecular flexibility index (Phi) is 1.46. The van der Waals surface area contributed by atoms with Gasteiger partial charge in [0.05, 0.1) is 5.69 Å². The number of aryl methyl sites for hydroxylation is 1.